The van der Waals surface area contributed by atoms with Crippen LogP contribution in [-0.2, 0) is 11.2 Å². The zero-order chi connectivity index (χ0) is 12.6. The Hall–Kier alpha value is -1.06. The molecule has 0 radical (unpaired) electrons. The smallest absolute Gasteiger partial charge is 0.228 e. The van der Waals surface area contributed by atoms with Gasteiger partial charge in [-0.05, 0) is 50.4 Å². The van der Waals surface area contributed by atoms with Crippen LogP contribution in [0.25, 0.3) is 0 Å². The largest absolute Gasteiger partial charge is 0.350 e. The van der Waals surface area contributed by atoms with Gasteiger partial charge in [0, 0.05) is 5.54 Å². The average Bonchev–Trinajstić information content (AvgIpc) is 2.31. The summed E-state index contributed by atoms with van der Waals surface area (Å²) in [4.78, 5) is 12.3. The van der Waals surface area contributed by atoms with Crippen molar-refractivity contribution in [2.24, 2.45) is 0 Å². The second kappa shape index (κ2) is 5.51. The third-order valence-electron chi connectivity index (χ3n) is 4.30. The molecule has 1 unspecified atom stereocenters. The minimum Gasteiger partial charge on any atom is -0.350 e. The molecule has 3 nitrogen and oxygen atoms in total. The van der Waals surface area contributed by atoms with Gasteiger partial charge in [-0.2, -0.15) is 0 Å². The summed E-state index contributed by atoms with van der Waals surface area (Å²) < 4.78 is 0. The fourth-order valence-corrected chi connectivity index (χ4v) is 2.98. The van der Waals surface area contributed by atoms with Gasteiger partial charge in [0.2, 0.25) is 5.91 Å². The molecule has 4 heteroatoms. The Morgan fingerprint density at radius 3 is 2.68 bits per heavy atom. The van der Waals surface area contributed by atoms with Gasteiger partial charge in [0.25, 0.3) is 0 Å². The van der Waals surface area contributed by atoms with Crippen molar-refractivity contribution in [2.75, 3.05) is 13.1 Å². The van der Waals surface area contributed by atoms with Crippen LogP contribution in [0.15, 0.2) is 24.3 Å². The molecular formula is C15H21ClN2O. The van der Waals surface area contributed by atoms with E-state index >= 15 is 0 Å². The molecule has 1 atom stereocenters. The van der Waals surface area contributed by atoms with Crippen LogP contribution in [0.2, 0.25) is 0 Å². The third kappa shape index (κ3) is 2.77. The predicted octanol–water partition coefficient (Wildman–Crippen LogP) is 2.01. The molecule has 0 bridgehead atoms. The lowest BCUT2D eigenvalue weighted by molar-refractivity contribution is -0.125. The lowest BCUT2D eigenvalue weighted by Crippen LogP contribution is -2.54. The summed E-state index contributed by atoms with van der Waals surface area (Å²) in [5, 5.41) is 6.59. The molecule has 19 heavy (non-hydrogen) atoms. The first kappa shape index (κ1) is 14.4. The van der Waals surface area contributed by atoms with E-state index in [1.54, 1.807) is 0 Å². The highest BCUT2D eigenvalue weighted by Gasteiger charge is 2.36. The van der Waals surface area contributed by atoms with E-state index in [2.05, 4.69) is 29.7 Å². The highest BCUT2D eigenvalue weighted by atomic mass is 35.5. The molecular weight excluding hydrogens is 260 g/mol. The van der Waals surface area contributed by atoms with E-state index in [1.165, 1.54) is 11.1 Å². The van der Waals surface area contributed by atoms with Gasteiger partial charge in [-0.3, -0.25) is 4.79 Å². The third-order valence-corrected chi connectivity index (χ3v) is 4.30. The van der Waals surface area contributed by atoms with Gasteiger partial charge in [-0.1, -0.05) is 24.3 Å². The Labute approximate surface area is 120 Å². The molecule has 3 rings (SSSR count). The first-order valence-electron chi connectivity index (χ1n) is 6.78. The van der Waals surface area contributed by atoms with E-state index < -0.39 is 0 Å². The van der Waals surface area contributed by atoms with Crippen molar-refractivity contribution in [2.45, 2.75) is 37.6 Å². The van der Waals surface area contributed by atoms with E-state index in [-0.39, 0.29) is 29.8 Å². The first-order chi connectivity index (χ1) is 8.68. The summed E-state index contributed by atoms with van der Waals surface area (Å²) in [6.45, 7) is 4.16. The summed E-state index contributed by atoms with van der Waals surface area (Å²) in [7, 11) is 0. The van der Waals surface area contributed by atoms with Crippen molar-refractivity contribution < 1.29 is 4.79 Å². The number of nitrogens with one attached hydrogen (secondary N) is 2. The van der Waals surface area contributed by atoms with Crippen molar-refractivity contribution in [3.8, 4) is 0 Å². The van der Waals surface area contributed by atoms with Crippen molar-refractivity contribution in [3.05, 3.63) is 35.4 Å². The minimum atomic E-state index is -0.0210. The quantitative estimate of drug-likeness (QED) is 0.870. The number of piperidine rings is 1. The highest BCUT2D eigenvalue weighted by Crippen LogP contribution is 2.35. The Balaban J connectivity index is 0.00000133. The second-order valence-electron chi connectivity index (χ2n) is 5.76. The van der Waals surface area contributed by atoms with E-state index in [4.69, 9.17) is 0 Å². The number of hydrogen-bond donors (Lipinski definition) is 2. The van der Waals surface area contributed by atoms with Crippen molar-refractivity contribution in [1.29, 1.82) is 0 Å². The topological polar surface area (TPSA) is 41.1 Å². The number of carbonyl (C=O) groups excluding carboxylic acids is 1. The molecule has 1 fully saturated rings. The standard InChI is InChI=1S/C15H20N2O.ClH/c1-15(6-8-16-9-7-15)17-14(18)13-10-11-4-2-3-5-12(11)13;/h2-5,13,16H,6-10H2,1H3,(H,17,18);1H. The average molecular weight is 281 g/mol. The van der Waals surface area contributed by atoms with Crippen LogP contribution in [0, 0.1) is 0 Å². The van der Waals surface area contributed by atoms with E-state index in [0.29, 0.717) is 0 Å². The highest BCUT2D eigenvalue weighted by molar-refractivity contribution is 5.87. The summed E-state index contributed by atoms with van der Waals surface area (Å²) in [6.07, 6.45) is 2.94. The van der Waals surface area contributed by atoms with Crippen LogP contribution >= 0.6 is 12.4 Å². The molecule has 1 amide bonds. The summed E-state index contributed by atoms with van der Waals surface area (Å²) >= 11 is 0. The fourth-order valence-electron chi connectivity index (χ4n) is 2.98. The van der Waals surface area contributed by atoms with E-state index in [9.17, 15) is 4.79 Å². The second-order valence-corrected chi connectivity index (χ2v) is 5.76. The number of hydrogen-bond acceptors (Lipinski definition) is 2. The molecule has 0 aromatic heterocycles. The molecule has 1 aliphatic heterocycles. The van der Waals surface area contributed by atoms with E-state index in [0.717, 1.165) is 32.4 Å². The van der Waals surface area contributed by atoms with Crippen LogP contribution in [0.3, 0.4) is 0 Å². The molecule has 2 aliphatic rings. The molecule has 1 saturated heterocycles. The Bertz CT molecular complexity index is 469. The van der Waals surface area contributed by atoms with Crippen molar-refractivity contribution in [3.63, 3.8) is 0 Å². The number of rotatable bonds is 2. The van der Waals surface area contributed by atoms with Gasteiger partial charge >= 0.3 is 0 Å². The van der Waals surface area contributed by atoms with Gasteiger partial charge in [0.05, 0.1) is 5.92 Å². The number of fused-ring (bicyclic) bond motifs is 1. The number of carbonyl (C=O) groups is 1. The van der Waals surface area contributed by atoms with Crippen LogP contribution in [-0.4, -0.2) is 24.5 Å². The molecule has 0 saturated carbocycles. The van der Waals surface area contributed by atoms with Gasteiger partial charge in [0.1, 0.15) is 0 Å². The van der Waals surface area contributed by atoms with Gasteiger partial charge in [0.15, 0.2) is 0 Å². The molecule has 104 valence electrons. The molecule has 2 N–H and O–H groups in total. The fraction of sp³-hybridized carbons (Fsp3) is 0.533. The molecule has 1 aromatic carbocycles. The maximum atomic E-state index is 12.3. The maximum absolute atomic E-state index is 12.3. The molecule has 0 spiro atoms. The Kier molecular flexibility index (Phi) is 4.16. The SMILES string of the molecule is CC1(NC(=O)C2Cc3ccccc32)CCNCC1.Cl. The molecule has 1 aliphatic carbocycles. The minimum absolute atomic E-state index is 0. The molecule has 1 aromatic rings. The zero-order valence-corrected chi connectivity index (χ0v) is 12.1. The van der Waals surface area contributed by atoms with Gasteiger partial charge in [-0.15, -0.1) is 12.4 Å². The zero-order valence-electron chi connectivity index (χ0n) is 11.2. The van der Waals surface area contributed by atoms with Gasteiger partial charge < -0.3 is 10.6 Å². The van der Waals surface area contributed by atoms with Crippen LogP contribution in [0.1, 0.15) is 36.8 Å². The predicted molar refractivity (Wildman–Crippen MR) is 78.8 cm³/mol. The van der Waals surface area contributed by atoms with Gasteiger partial charge in [-0.25, -0.2) is 0 Å². The lowest BCUT2D eigenvalue weighted by Gasteiger charge is -2.38. The van der Waals surface area contributed by atoms with Crippen LogP contribution in [0.4, 0.5) is 0 Å². The van der Waals surface area contributed by atoms with E-state index in [1.807, 2.05) is 12.1 Å². The maximum Gasteiger partial charge on any atom is 0.228 e. The van der Waals surface area contributed by atoms with Crippen LogP contribution < -0.4 is 10.6 Å². The van der Waals surface area contributed by atoms with Crippen molar-refractivity contribution in [1.82, 2.24) is 10.6 Å². The normalized spacial score (nSPS) is 23.5. The number of halogens is 1. The lowest BCUT2D eigenvalue weighted by atomic mass is 9.76. The van der Waals surface area contributed by atoms with Crippen LogP contribution in [0.5, 0.6) is 0 Å². The monoisotopic (exact) mass is 280 g/mol. The number of amides is 1. The summed E-state index contributed by atoms with van der Waals surface area (Å²) in [5.74, 6) is 0.283. The Morgan fingerprint density at radius 1 is 1.32 bits per heavy atom. The Morgan fingerprint density at radius 2 is 2.00 bits per heavy atom. The number of benzene rings is 1. The first-order valence-corrected chi connectivity index (χ1v) is 6.78. The summed E-state index contributed by atoms with van der Waals surface area (Å²) in [6, 6.07) is 8.25. The summed E-state index contributed by atoms with van der Waals surface area (Å²) in [5.41, 5.74) is 2.52. The molecule has 1 heterocycles. The van der Waals surface area contributed by atoms with Crippen molar-refractivity contribution >= 4 is 18.3 Å².